The second kappa shape index (κ2) is 8.38. The lowest BCUT2D eigenvalue weighted by molar-refractivity contribution is -0.0383. The lowest BCUT2D eigenvalue weighted by Crippen LogP contribution is -2.19. The third kappa shape index (κ3) is 4.10. The molecule has 0 aliphatic carbocycles. The van der Waals surface area contributed by atoms with Gasteiger partial charge in [0.2, 0.25) is 0 Å². The van der Waals surface area contributed by atoms with Crippen molar-refractivity contribution in [3.63, 3.8) is 0 Å². The summed E-state index contributed by atoms with van der Waals surface area (Å²) in [6, 6.07) is 9.42. The fourth-order valence-electron chi connectivity index (χ4n) is 3.20. The van der Waals surface area contributed by atoms with E-state index >= 15 is 0 Å². The number of nitrogens with zero attached hydrogens (tertiary/aromatic N) is 3. The second-order valence-electron chi connectivity index (χ2n) is 6.61. The molecule has 1 fully saturated rings. The third-order valence-electron chi connectivity index (χ3n) is 4.67. The summed E-state index contributed by atoms with van der Waals surface area (Å²) < 4.78 is 27.7. The molecule has 0 radical (unpaired) electrons. The normalized spacial score (nSPS) is 16.4. The molecule has 0 bridgehead atoms. The Morgan fingerprint density at radius 3 is 2.79 bits per heavy atom. The van der Waals surface area contributed by atoms with Crippen LogP contribution in [0.25, 0.3) is 11.3 Å². The fraction of sp³-hybridized carbons (Fsp3) is 0.250. The Hall–Kier alpha value is -3.30. The molecule has 1 unspecified atom stereocenters. The average molecular weight is 397 g/mol. The van der Waals surface area contributed by atoms with Gasteiger partial charge in [-0.2, -0.15) is 5.10 Å². The number of ether oxygens (including phenoxy) is 2. The quantitative estimate of drug-likeness (QED) is 0.343. The first kappa shape index (κ1) is 19.0. The first-order valence-corrected chi connectivity index (χ1v) is 9.23. The molecule has 8 nitrogen and oxygen atoms in total. The summed E-state index contributed by atoms with van der Waals surface area (Å²) >= 11 is 0. The second-order valence-corrected chi connectivity index (χ2v) is 6.61. The van der Waals surface area contributed by atoms with Gasteiger partial charge in [-0.15, -0.1) is 0 Å². The molecule has 0 spiro atoms. The predicted octanol–water partition coefficient (Wildman–Crippen LogP) is 3.88. The Labute approximate surface area is 166 Å². The van der Waals surface area contributed by atoms with Gasteiger partial charge in [-0.05, 0) is 55.7 Å². The number of pyridine rings is 1. The number of nitrogens with one attached hydrogen (secondary N) is 2. The summed E-state index contributed by atoms with van der Waals surface area (Å²) in [4.78, 5) is 4.12. The van der Waals surface area contributed by atoms with Crippen LogP contribution in [0.15, 0.2) is 48.8 Å². The van der Waals surface area contributed by atoms with Gasteiger partial charge in [-0.1, -0.05) is 0 Å². The highest BCUT2D eigenvalue weighted by molar-refractivity contribution is 5.95. The Bertz CT molecular complexity index is 1000. The number of amidine groups is 1. The highest BCUT2D eigenvalue weighted by Gasteiger charge is 2.20. The van der Waals surface area contributed by atoms with Crippen LogP contribution in [0, 0.1) is 11.2 Å². The third-order valence-corrected chi connectivity index (χ3v) is 4.67. The first-order chi connectivity index (χ1) is 14.2. The zero-order valence-corrected chi connectivity index (χ0v) is 15.5. The van der Waals surface area contributed by atoms with Crippen LogP contribution >= 0.6 is 0 Å². The van der Waals surface area contributed by atoms with Crippen LogP contribution in [0.4, 0.5) is 4.39 Å². The number of hydrogen-bond donors (Lipinski definition) is 3. The van der Waals surface area contributed by atoms with Crippen molar-refractivity contribution in [2.24, 2.45) is 0 Å². The highest BCUT2D eigenvalue weighted by atomic mass is 19.1. The van der Waals surface area contributed by atoms with E-state index in [9.17, 15) is 4.39 Å². The minimum Gasteiger partial charge on any atom is -0.436 e. The average Bonchev–Trinajstić information content (AvgIpc) is 3.26. The van der Waals surface area contributed by atoms with E-state index in [1.807, 2.05) is 0 Å². The lowest BCUT2D eigenvalue weighted by Gasteiger charge is -2.24. The van der Waals surface area contributed by atoms with Crippen molar-refractivity contribution in [2.75, 3.05) is 6.61 Å². The van der Waals surface area contributed by atoms with E-state index in [2.05, 4.69) is 10.1 Å². The van der Waals surface area contributed by atoms with E-state index in [0.29, 0.717) is 23.5 Å². The molecule has 3 N–H and O–H groups in total. The molecule has 1 atom stereocenters. The van der Waals surface area contributed by atoms with Crippen molar-refractivity contribution in [3.8, 4) is 22.9 Å². The summed E-state index contributed by atoms with van der Waals surface area (Å²) in [7, 11) is 0. The number of rotatable bonds is 5. The number of hydrogen-bond acceptors (Lipinski definition) is 6. The molecular formula is C20H20FN5O3. The summed E-state index contributed by atoms with van der Waals surface area (Å²) in [6.45, 7) is 0.690. The molecule has 1 aromatic carbocycles. The van der Waals surface area contributed by atoms with Crippen molar-refractivity contribution in [2.45, 2.75) is 25.5 Å². The molecular weight excluding hydrogens is 377 g/mol. The van der Waals surface area contributed by atoms with E-state index in [4.69, 9.17) is 20.1 Å². The minimum atomic E-state index is -0.603. The smallest absolute Gasteiger partial charge is 0.255 e. The van der Waals surface area contributed by atoms with Gasteiger partial charge in [0.25, 0.3) is 5.88 Å². The van der Waals surface area contributed by atoms with Crippen LogP contribution in [0.2, 0.25) is 0 Å². The van der Waals surface area contributed by atoms with Crippen LogP contribution in [0.5, 0.6) is 11.6 Å². The van der Waals surface area contributed by atoms with Crippen LogP contribution in [-0.2, 0) is 4.74 Å². The van der Waals surface area contributed by atoms with Crippen molar-refractivity contribution in [1.82, 2.24) is 20.2 Å². The van der Waals surface area contributed by atoms with Gasteiger partial charge in [0.15, 0.2) is 12.0 Å². The summed E-state index contributed by atoms with van der Waals surface area (Å²) in [6.07, 6.45) is 6.01. The molecule has 9 heteroatoms. The monoisotopic (exact) mass is 397 g/mol. The molecule has 2 aromatic heterocycles. The molecule has 150 valence electrons. The molecule has 3 aromatic rings. The van der Waals surface area contributed by atoms with E-state index < -0.39 is 5.82 Å². The largest absolute Gasteiger partial charge is 0.436 e. The highest BCUT2D eigenvalue weighted by Crippen LogP contribution is 2.30. The molecule has 0 amide bonds. The van der Waals surface area contributed by atoms with Gasteiger partial charge in [-0.25, -0.2) is 14.1 Å². The van der Waals surface area contributed by atoms with E-state index in [1.54, 1.807) is 46.7 Å². The maximum absolute atomic E-state index is 14.6. The van der Waals surface area contributed by atoms with E-state index in [1.165, 1.54) is 12.3 Å². The predicted molar refractivity (Wildman–Crippen MR) is 103 cm³/mol. The maximum Gasteiger partial charge on any atom is 0.255 e. The van der Waals surface area contributed by atoms with Gasteiger partial charge < -0.3 is 9.47 Å². The molecule has 1 saturated heterocycles. The molecule has 0 saturated carbocycles. The first-order valence-electron chi connectivity index (χ1n) is 9.23. The zero-order valence-electron chi connectivity index (χ0n) is 15.5. The van der Waals surface area contributed by atoms with Crippen LogP contribution in [0.3, 0.4) is 0 Å². The Morgan fingerprint density at radius 1 is 1.28 bits per heavy atom. The van der Waals surface area contributed by atoms with Gasteiger partial charge >= 0.3 is 0 Å². The van der Waals surface area contributed by atoms with Gasteiger partial charge in [0.05, 0.1) is 5.69 Å². The molecule has 4 rings (SSSR count). The molecule has 1 aliphatic heterocycles. The Balaban J connectivity index is 1.53. The maximum atomic E-state index is 14.6. The van der Waals surface area contributed by atoms with Crippen molar-refractivity contribution in [3.05, 3.63) is 60.2 Å². The SMILES string of the molecule is N=C(NO)c1ccc(Oc2ncc(-c3ccnn3C3CCCCO3)cc2F)cc1. The molecule has 3 heterocycles. The number of halogens is 1. The summed E-state index contributed by atoms with van der Waals surface area (Å²) in [5.74, 6) is -0.548. The standard InChI is InChI=1S/C20H20FN5O3/c21-16-11-14(17-8-9-24-26(17)18-3-1-2-10-28-18)12-23-20(16)29-15-6-4-13(5-7-15)19(22)25-27/h4-9,11-12,18,27H,1-3,10H2,(H2,22,25). The fourth-order valence-corrected chi connectivity index (χ4v) is 3.20. The molecule has 1 aliphatic rings. The minimum absolute atomic E-state index is 0.149. The zero-order chi connectivity index (χ0) is 20.2. The van der Waals surface area contributed by atoms with Crippen LogP contribution < -0.4 is 10.2 Å². The van der Waals surface area contributed by atoms with Crippen LogP contribution in [0.1, 0.15) is 31.1 Å². The van der Waals surface area contributed by atoms with E-state index in [0.717, 1.165) is 25.0 Å². The van der Waals surface area contributed by atoms with Gasteiger partial charge in [-0.3, -0.25) is 16.1 Å². The summed E-state index contributed by atoms with van der Waals surface area (Å²) in [5, 5.41) is 20.6. The Morgan fingerprint density at radius 2 is 2.10 bits per heavy atom. The molecule has 29 heavy (non-hydrogen) atoms. The topological polar surface area (TPSA) is 105 Å². The van der Waals surface area contributed by atoms with Gasteiger partial charge in [0, 0.05) is 30.1 Å². The number of benzene rings is 1. The van der Waals surface area contributed by atoms with Crippen molar-refractivity contribution in [1.29, 1.82) is 5.41 Å². The van der Waals surface area contributed by atoms with Crippen molar-refractivity contribution >= 4 is 5.84 Å². The lowest BCUT2D eigenvalue weighted by atomic mass is 10.1. The van der Waals surface area contributed by atoms with Crippen LogP contribution in [-0.4, -0.2) is 32.4 Å². The number of hydroxylamine groups is 1. The number of aromatic nitrogens is 3. The summed E-state index contributed by atoms with van der Waals surface area (Å²) in [5.41, 5.74) is 3.53. The Kier molecular flexibility index (Phi) is 5.50. The van der Waals surface area contributed by atoms with Gasteiger partial charge in [0.1, 0.15) is 11.6 Å². The van der Waals surface area contributed by atoms with Crippen molar-refractivity contribution < 1.29 is 19.1 Å². The van der Waals surface area contributed by atoms with E-state index in [-0.39, 0.29) is 17.9 Å².